The maximum Gasteiger partial charge on any atom is 0.258 e. The lowest BCUT2D eigenvalue weighted by Crippen LogP contribution is -2.17. The SMILES string of the molecule is Cc1ccccc1C(=O)Nc1nc(-c2ncccc2C)nn1-c1cccc(F)c1. The molecule has 7 heteroatoms. The number of benzene rings is 2. The van der Waals surface area contributed by atoms with Gasteiger partial charge >= 0.3 is 0 Å². The van der Waals surface area contributed by atoms with Gasteiger partial charge in [-0.05, 0) is 55.3 Å². The summed E-state index contributed by atoms with van der Waals surface area (Å²) >= 11 is 0. The van der Waals surface area contributed by atoms with Gasteiger partial charge in [-0.3, -0.25) is 15.1 Å². The first kappa shape index (κ1) is 18.5. The van der Waals surface area contributed by atoms with Crippen LogP contribution in [0, 0.1) is 19.7 Å². The number of amides is 1. The van der Waals surface area contributed by atoms with E-state index in [0.29, 0.717) is 22.8 Å². The molecule has 0 aliphatic heterocycles. The smallest absolute Gasteiger partial charge is 0.258 e. The summed E-state index contributed by atoms with van der Waals surface area (Å²) in [5, 5.41) is 7.28. The van der Waals surface area contributed by atoms with Crippen molar-refractivity contribution in [1.29, 1.82) is 0 Å². The van der Waals surface area contributed by atoms with Crippen LogP contribution in [0.5, 0.6) is 0 Å². The van der Waals surface area contributed by atoms with E-state index in [2.05, 4.69) is 20.4 Å². The summed E-state index contributed by atoms with van der Waals surface area (Å²) in [6.45, 7) is 3.76. The average Bonchev–Trinajstić information content (AvgIpc) is 3.12. The van der Waals surface area contributed by atoms with Gasteiger partial charge in [0.25, 0.3) is 5.91 Å². The van der Waals surface area contributed by atoms with E-state index in [0.717, 1.165) is 11.1 Å². The summed E-state index contributed by atoms with van der Waals surface area (Å²) in [4.78, 5) is 21.6. The minimum atomic E-state index is -0.412. The number of aromatic nitrogens is 4. The van der Waals surface area contributed by atoms with Gasteiger partial charge in [0, 0.05) is 11.8 Å². The first-order chi connectivity index (χ1) is 14.0. The second-order valence-electron chi connectivity index (χ2n) is 6.59. The molecule has 4 rings (SSSR count). The summed E-state index contributed by atoms with van der Waals surface area (Å²) in [6.07, 6.45) is 1.65. The van der Waals surface area contributed by atoms with E-state index in [1.165, 1.54) is 16.8 Å². The van der Waals surface area contributed by atoms with E-state index in [1.807, 2.05) is 38.1 Å². The maximum absolute atomic E-state index is 13.8. The first-order valence-electron chi connectivity index (χ1n) is 9.05. The number of nitrogens with zero attached hydrogens (tertiary/aromatic N) is 4. The zero-order valence-corrected chi connectivity index (χ0v) is 15.9. The lowest BCUT2D eigenvalue weighted by Gasteiger charge is -2.08. The zero-order valence-electron chi connectivity index (χ0n) is 15.9. The highest BCUT2D eigenvalue weighted by Gasteiger charge is 2.19. The normalized spacial score (nSPS) is 10.7. The van der Waals surface area contributed by atoms with E-state index >= 15 is 0 Å². The number of rotatable bonds is 4. The fourth-order valence-corrected chi connectivity index (χ4v) is 3.00. The Kier molecular flexibility index (Phi) is 4.87. The fourth-order valence-electron chi connectivity index (χ4n) is 3.00. The second kappa shape index (κ2) is 7.63. The number of halogens is 1. The predicted molar refractivity (Wildman–Crippen MR) is 108 cm³/mol. The number of nitrogens with one attached hydrogen (secondary N) is 1. The molecule has 6 nitrogen and oxygen atoms in total. The number of carbonyl (C=O) groups excluding carboxylic acids is 1. The monoisotopic (exact) mass is 387 g/mol. The molecule has 29 heavy (non-hydrogen) atoms. The van der Waals surface area contributed by atoms with Crippen molar-refractivity contribution in [2.24, 2.45) is 0 Å². The number of hydrogen-bond acceptors (Lipinski definition) is 4. The van der Waals surface area contributed by atoms with E-state index < -0.39 is 5.82 Å². The summed E-state index contributed by atoms with van der Waals surface area (Å²) < 4.78 is 15.2. The lowest BCUT2D eigenvalue weighted by atomic mass is 10.1. The largest absolute Gasteiger partial charge is 0.290 e. The molecule has 1 N–H and O–H groups in total. The third-order valence-electron chi connectivity index (χ3n) is 4.50. The van der Waals surface area contributed by atoms with Gasteiger partial charge < -0.3 is 0 Å². The Hall–Kier alpha value is -3.87. The minimum absolute atomic E-state index is 0.184. The molecule has 0 saturated heterocycles. The number of hydrogen-bond donors (Lipinski definition) is 1. The third-order valence-corrected chi connectivity index (χ3v) is 4.50. The van der Waals surface area contributed by atoms with Gasteiger partial charge in [-0.15, -0.1) is 5.10 Å². The van der Waals surface area contributed by atoms with E-state index in [1.54, 1.807) is 30.5 Å². The van der Waals surface area contributed by atoms with Gasteiger partial charge in [0.05, 0.1) is 5.69 Å². The van der Waals surface area contributed by atoms with Crippen LogP contribution in [0.1, 0.15) is 21.5 Å². The minimum Gasteiger partial charge on any atom is -0.290 e. The van der Waals surface area contributed by atoms with Crippen LogP contribution in [-0.4, -0.2) is 25.7 Å². The molecule has 0 fully saturated rings. The van der Waals surface area contributed by atoms with Crippen LogP contribution in [0.15, 0.2) is 66.9 Å². The standard InChI is InChI=1S/C22H18FN5O/c1-14-7-3-4-11-18(14)21(29)26-22-25-20(19-15(2)8-6-12-24-19)27-28(22)17-10-5-9-16(23)13-17/h3-13H,1-2H3,(H,25,26,27,29). The van der Waals surface area contributed by atoms with Crippen molar-refractivity contribution in [2.45, 2.75) is 13.8 Å². The van der Waals surface area contributed by atoms with Crippen LogP contribution >= 0.6 is 0 Å². The Morgan fingerprint density at radius 1 is 1.00 bits per heavy atom. The number of anilines is 1. The van der Waals surface area contributed by atoms with E-state index in [9.17, 15) is 9.18 Å². The molecule has 2 aromatic carbocycles. The van der Waals surface area contributed by atoms with Gasteiger partial charge in [-0.2, -0.15) is 9.67 Å². The van der Waals surface area contributed by atoms with E-state index in [-0.39, 0.29) is 11.9 Å². The molecular weight excluding hydrogens is 369 g/mol. The van der Waals surface area contributed by atoms with Crippen molar-refractivity contribution < 1.29 is 9.18 Å². The van der Waals surface area contributed by atoms with Crippen molar-refractivity contribution in [3.05, 3.63) is 89.4 Å². The molecule has 0 atom stereocenters. The van der Waals surface area contributed by atoms with Gasteiger partial charge in [-0.25, -0.2) is 4.39 Å². The fraction of sp³-hybridized carbons (Fsp3) is 0.0909. The van der Waals surface area contributed by atoms with Gasteiger partial charge in [0.15, 0.2) is 0 Å². The van der Waals surface area contributed by atoms with Crippen LogP contribution in [0.2, 0.25) is 0 Å². The van der Waals surface area contributed by atoms with Crippen molar-refractivity contribution in [2.75, 3.05) is 5.32 Å². The Morgan fingerprint density at radius 2 is 1.79 bits per heavy atom. The maximum atomic E-state index is 13.8. The second-order valence-corrected chi connectivity index (χ2v) is 6.59. The Labute approximate surface area is 167 Å². The molecular formula is C22H18FN5O. The molecule has 0 saturated carbocycles. The van der Waals surface area contributed by atoms with Crippen molar-refractivity contribution in [1.82, 2.24) is 19.7 Å². The molecule has 2 aromatic heterocycles. The highest BCUT2D eigenvalue weighted by atomic mass is 19.1. The van der Waals surface area contributed by atoms with Crippen LogP contribution in [0.25, 0.3) is 17.2 Å². The van der Waals surface area contributed by atoms with Gasteiger partial charge in [0.2, 0.25) is 11.8 Å². The topological polar surface area (TPSA) is 72.7 Å². The number of pyridine rings is 1. The average molecular weight is 387 g/mol. The summed E-state index contributed by atoms with van der Waals surface area (Å²) in [5.74, 6) is -0.210. The van der Waals surface area contributed by atoms with Gasteiger partial charge in [-0.1, -0.05) is 30.3 Å². The van der Waals surface area contributed by atoms with Crippen molar-refractivity contribution in [3.63, 3.8) is 0 Å². The quantitative estimate of drug-likeness (QED) is 0.565. The molecule has 0 aliphatic rings. The third kappa shape index (κ3) is 3.75. The molecule has 0 aliphatic carbocycles. The molecule has 1 amide bonds. The van der Waals surface area contributed by atoms with Crippen LogP contribution < -0.4 is 5.32 Å². The van der Waals surface area contributed by atoms with Crippen molar-refractivity contribution in [3.8, 4) is 17.2 Å². The number of aryl methyl sites for hydroxylation is 2. The highest BCUT2D eigenvalue weighted by Crippen LogP contribution is 2.23. The number of carbonyl (C=O) groups is 1. The Bertz CT molecular complexity index is 1200. The van der Waals surface area contributed by atoms with Crippen LogP contribution in [0.4, 0.5) is 10.3 Å². The summed E-state index contributed by atoms with van der Waals surface area (Å²) in [6, 6.07) is 16.9. The first-order valence-corrected chi connectivity index (χ1v) is 9.05. The highest BCUT2D eigenvalue weighted by molar-refractivity contribution is 6.04. The lowest BCUT2D eigenvalue weighted by molar-refractivity contribution is 0.102. The van der Waals surface area contributed by atoms with Gasteiger partial charge in [0.1, 0.15) is 11.5 Å². The molecule has 0 bridgehead atoms. The molecule has 0 unspecified atom stereocenters. The Morgan fingerprint density at radius 3 is 2.55 bits per heavy atom. The van der Waals surface area contributed by atoms with Crippen LogP contribution in [-0.2, 0) is 0 Å². The molecule has 2 heterocycles. The van der Waals surface area contributed by atoms with Crippen LogP contribution in [0.3, 0.4) is 0 Å². The molecule has 144 valence electrons. The predicted octanol–water partition coefficient (Wildman–Crippen LogP) is 4.34. The molecule has 0 spiro atoms. The molecule has 4 aromatic rings. The van der Waals surface area contributed by atoms with E-state index in [4.69, 9.17) is 0 Å². The molecule has 0 radical (unpaired) electrons. The zero-order chi connectivity index (χ0) is 20.4. The Balaban J connectivity index is 1.80. The summed E-state index contributed by atoms with van der Waals surface area (Å²) in [7, 11) is 0. The van der Waals surface area contributed by atoms with Crippen molar-refractivity contribution >= 4 is 11.9 Å². The summed E-state index contributed by atoms with van der Waals surface area (Å²) in [5.41, 5.74) is 3.28.